The SMILES string of the molecule is O=C(CCN1C(=O)/C(=C\c2ccc(Cl)cc2)SC1=S)Nc1cccc(C(=O)[O-])c1. The number of halogens is 1. The van der Waals surface area contributed by atoms with E-state index in [1.165, 1.54) is 34.9 Å². The average Bonchev–Trinajstić information content (AvgIpc) is 2.95. The van der Waals surface area contributed by atoms with Crippen molar-refractivity contribution in [2.75, 3.05) is 11.9 Å². The van der Waals surface area contributed by atoms with Gasteiger partial charge in [-0.3, -0.25) is 14.5 Å². The summed E-state index contributed by atoms with van der Waals surface area (Å²) in [7, 11) is 0. The fraction of sp³-hybridized carbons (Fsp3) is 0.100. The molecule has 1 aliphatic rings. The van der Waals surface area contributed by atoms with Gasteiger partial charge in [0, 0.05) is 23.7 Å². The first-order valence-electron chi connectivity index (χ1n) is 8.45. The number of thioether (sulfide) groups is 1. The van der Waals surface area contributed by atoms with E-state index in [1.54, 1.807) is 36.4 Å². The van der Waals surface area contributed by atoms with Gasteiger partial charge in [-0.1, -0.05) is 59.8 Å². The molecule has 0 bridgehead atoms. The summed E-state index contributed by atoms with van der Waals surface area (Å²) < 4.78 is 0.377. The van der Waals surface area contributed by atoms with Crippen LogP contribution in [0.4, 0.5) is 5.69 Å². The second kappa shape index (κ2) is 9.21. The van der Waals surface area contributed by atoms with Crippen LogP contribution >= 0.6 is 35.6 Å². The van der Waals surface area contributed by atoms with Crippen LogP contribution in [-0.4, -0.2) is 33.5 Å². The molecule has 6 nitrogen and oxygen atoms in total. The van der Waals surface area contributed by atoms with Crippen molar-refractivity contribution in [3.63, 3.8) is 0 Å². The van der Waals surface area contributed by atoms with Crippen molar-refractivity contribution < 1.29 is 19.5 Å². The zero-order valence-corrected chi connectivity index (χ0v) is 17.3. The van der Waals surface area contributed by atoms with Gasteiger partial charge in [0.25, 0.3) is 5.91 Å². The molecule has 9 heteroatoms. The van der Waals surface area contributed by atoms with Crippen molar-refractivity contribution in [1.29, 1.82) is 0 Å². The number of nitrogens with zero attached hydrogens (tertiary/aromatic N) is 1. The molecule has 2 aromatic rings. The molecule has 0 aliphatic carbocycles. The van der Waals surface area contributed by atoms with Gasteiger partial charge in [-0.15, -0.1) is 0 Å². The second-order valence-electron chi connectivity index (χ2n) is 6.05. The first kappa shape index (κ1) is 21.0. The Labute approximate surface area is 181 Å². The van der Waals surface area contributed by atoms with E-state index in [-0.39, 0.29) is 30.3 Å². The van der Waals surface area contributed by atoms with Gasteiger partial charge >= 0.3 is 0 Å². The van der Waals surface area contributed by atoms with Gasteiger partial charge in [-0.25, -0.2) is 0 Å². The molecule has 1 N–H and O–H groups in total. The number of nitrogens with one attached hydrogen (secondary N) is 1. The molecule has 1 aliphatic heterocycles. The van der Waals surface area contributed by atoms with Crippen molar-refractivity contribution in [2.45, 2.75) is 6.42 Å². The van der Waals surface area contributed by atoms with E-state index in [0.717, 1.165) is 5.56 Å². The first-order chi connectivity index (χ1) is 13.8. The van der Waals surface area contributed by atoms with Crippen LogP contribution in [0.15, 0.2) is 53.4 Å². The maximum Gasteiger partial charge on any atom is 0.266 e. The van der Waals surface area contributed by atoms with Crippen LogP contribution in [-0.2, 0) is 9.59 Å². The lowest BCUT2D eigenvalue weighted by Crippen LogP contribution is -2.31. The minimum Gasteiger partial charge on any atom is -0.545 e. The number of hydrogen-bond acceptors (Lipinski definition) is 6. The number of thiocarbonyl (C=S) groups is 1. The Morgan fingerprint density at radius 1 is 1.21 bits per heavy atom. The summed E-state index contributed by atoms with van der Waals surface area (Å²) in [4.78, 5) is 37.5. The Hall–Kier alpha value is -2.68. The molecule has 0 aromatic heterocycles. The predicted octanol–water partition coefficient (Wildman–Crippen LogP) is 2.93. The van der Waals surface area contributed by atoms with E-state index in [9.17, 15) is 19.5 Å². The highest BCUT2D eigenvalue weighted by Crippen LogP contribution is 2.32. The number of carbonyl (C=O) groups is 3. The van der Waals surface area contributed by atoms with Crippen LogP contribution in [0.25, 0.3) is 6.08 Å². The minimum atomic E-state index is -1.33. The normalized spacial score (nSPS) is 15.1. The van der Waals surface area contributed by atoms with E-state index in [1.807, 2.05) is 0 Å². The molecule has 0 radical (unpaired) electrons. The van der Waals surface area contributed by atoms with Gasteiger partial charge in [0.1, 0.15) is 4.32 Å². The molecule has 0 spiro atoms. The molecule has 1 heterocycles. The highest BCUT2D eigenvalue weighted by molar-refractivity contribution is 8.26. The number of benzene rings is 2. The van der Waals surface area contributed by atoms with E-state index in [2.05, 4.69) is 5.32 Å². The maximum absolute atomic E-state index is 12.6. The van der Waals surface area contributed by atoms with E-state index < -0.39 is 5.97 Å². The van der Waals surface area contributed by atoms with E-state index in [4.69, 9.17) is 23.8 Å². The molecule has 3 rings (SSSR count). The van der Waals surface area contributed by atoms with Gasteiger partial charge in [0.15, 0.2) is 0 Å². The topological polar surface area (TPSA) is 89.5 Å². The second-order valence-corrected chi connectivity index (χ2v) is 8.16. The lowest BCUT2D eigenvalue weighted by Gasteiger charge is -2.14. The molecule has 148 valence electrons. The van der Waals surface area contributed by atoms with E-state index in [0.29, 0.717) is 19.9 Å². The molecule has 1 saturated heterocycles. The largest absolute Gasteiger partial charge is 0.545 e. The summed E-state index contributed by atoms with van der Waals surface area (Å²) in [6, 6.07) is 12.8. The third-order valence-electron chi connectivity index (χ3n) is 3.99. The zero-order valence-electron chi connectivity index (χ0n) is 14.9. The van der Waals surface area contributed by atoms with Crippen molar-refractivity contribution in [1.82, 2.24) is 4.90 Å². The van der Waals surface area contributed by atoms with Crippen LogP contribution in [0.5, 0.6) is 0 Å². The summed E-state index contributed by atoms with van der Waals surface area (Å²) in [5, 5.41) is 14.1. The number of rotatable bonds is 6. The van der Waals surface area contributed by atoms with Crippen LogP contribution < -0.4 is 10.4 Å². The van der Waals surface area contributed by atoms with Crippen LogP contribution in [0, 0.1) is 0 Å². The van der Waals surface area contributed by atoms with Crippen molar-refractivity contribution in [3.05, 3.63) is 69.6 Å². The van der Waals surface area contributed by atoms with E-state index >= 15 is 0 Å². The lowest BCUT2D eigenvalue weighted by molar-refractivity contribution is -0.255. The molecule has 1 fully saturated rings. The quantitative estimate of drug-likeness (QED) is 0.543. The summed E-state index contributed by atoms with van der Waals surface area (Å²) in [5.74, 6) is -1.95. The number of anilines is 1. The Balaban J connectivity index is 1.60. The number of hydrogen-bond donors (Lipinski definition) is 1. The number of aromatic carboxylic acids is 1. The Morgan fingerprint density at radius 3 is 2.62 bits per heavy atom. The molecule has 0 atom stereocenters. The Kier molecular flexibility index (Phi) is 6.68. The third kappa shape index (κ3) is 5.44. The van der Waals surface area contributed by atoms with Crippen molar-refractivity contribution in [2.24, 2.45) is 0 Å². The monoisotopic (exact) mass is 445 g/mol. The summed E-state index contributed by atoms with van der Waals surface area (Å²) in [6.07, 6.45) is 1.73. The maximum atomic E-state index is 12.6. The smallest absolute Gasteiger partial charge is 0.266 e. The summed E-state index contributed by atoms with van der Waals surface area (Å²) in [5.41, 5.74) is 1.12. The van der Waals surface area contributed by atoms with Gasteiger partial charge in [0.2, 0.25) is 5.91 Å². The fourth-order valence-electron chi connectivity index (χ4n) is 2.56. The third-order valence-corrected chi connectivity index (χ3v) is 5.62. The number of carboxylic acid groups (broad SMARTS) is 1. The molecule has 0 saturated carbocycles. The molecular weight excluding hydrogens is 432 g/mol. The van der Waals surface area contributed by atoms with Crippen LogP contribution in [0.2, 0.25) is 5.02 Å². The minimum absolute atomic E-state index is 0.0101. The van der Waals surface area contributed by atoms with Gasteiger partial charge < -0.3 is 15.2 Å². The van der Waals surface area contributed by atoms with Crippen molar-refractivity contribution in [3.8, 4) is 0 Å². The molecule has 0 unspecified atom stereocenters. The number of carbonyl (C=O) groups excluding carboxylic acids is 3. The van der Waals surface area contributed by atoms with Gasteiger partial charge in [-0.05, 0) is 41.5 Å². The van der Waals surface area contributed by atoms with Crippen LogP contribution in [0.1, 0.15) is 22.3 Å². The van der Waals surface area contributed by atoms with Gasteiger partial charge in [0.05, 0.1) is 10.9 Å². The molecular formula is C20H14ClN2O4S2-. The average molecular weight is 446 g/mol. The number of amides is 2. The summed E-state index contributed by atoms with van der Waals surface area (Å²) >= 11 is 12.3. The van der Waals surface area contributed by atoms with Crippen molar-refractivity contribution >= 4 is 69.4 Å². The molecule has 29 heavy (non-hydrogen) atoms. The predicted molar refractivity (Wildman–Crippen MR) is 115 cm³/mol. The molecule has 2 amide bonds. The fourth-order valence-corrected chi connectivity index (χ4v) is 4.00. The lowest BCUT2D eigenvalue weighted by atomic mass is 10.2. The number of carboxylic acids is 1. The highest BCUT2D eigenvalue weighted by atomic mass is 35.5. The summed E-state index contributed by atoms with van der Waals surface area (Å²) in [6.45, 7) is 0.120. The van der Waals surface area contributed by atoms with Crippen LogP contribution in [0.3, 0.4) is 0 Å². The first-order valence-corrected chi connectivity index (χ1v) is 10.1. The Bertz CT molecular complexity index is 1020. The standard InChI is InChI=1S/C20H15ClN2O4S2/c21-14-6-4-12(5-7-14)10-16-18(25)23(20(28)29-16)9-8-17(24)22-15-3-1-2-13(11-15)19(26)27/h1-7,10-11H,8-9H2,(H,22,24)(H,26,27)/p-1/b16-10+. The molecule has 2 aromatic carbocycles. The highest BCUT2D eigenvalue weighted by Gasteiger charge is 2.32. The zero-order chi connectivity index (χ0) is 21.0. The Morgan fingerprint density at radius 2 is 1.93 bits per heavy atom. The van der Waals surface area contributed by atoms with Gasteiger partial charge in [-0.2, -0.15) is 0 Å².